The number of hydrogen-bond donors (Lipinski definition) is 1. The maximum absolute atomic E-state index is 12.5. The Morgan fingerprint density at radius 2 is 2.26 bits per heavy atom. The Balaban J connectivity index is 1.74. The Bertz CT molecular complexity index is 697. The van der Waals surface area contributed by atoms with Gasteiger partial charge >= 0.3 is 5.97 Å². The third kappa shape index (κ3) is 3.58. The number of carbonyl (C=O) groups is 2. The number of likely N-dealkylation sites (tertiary alicyclic amines) is 1. The predicted molar refractivity (Wildman–Crippen MR) is 84.1 cm³/mol. The Morgan fingerprint density at radius 1 is 1.43 bits per heavy atom. The molecule has 0 spiro atoms. The van der Waals surface area contributed by atoms with E-state index in [-0.39, 0.29) is 24.2 Å². The van der Waals surface area contributed by atoms with E-state index < -0.39 is 5.97 Å². The lowest BCUT2D eigenvalue weighted by atomic mass is 9.91. The molecular weight excluding hydrogens is 316 g/mol. The second-order valence-electron chi connectivity index (χ2n) is 5.84. The highest BCUT2D eigenvalue weighted by atomic mass is 32.1. The summed E-state index contributed by atoms with van der Waals surface area (Å²) in [5, 5.41) is 19.1. The zero-order valence-corrected chi connectivity index (χ0v) is 13.6. The van der Waals surface area contributed by atoms with Crippen molar-refractivity contribution in [2.45, 2.75) is 18.8 Å². The van der Waals surface area contributed by atoms with E-state index in [9.17, 15) is 9.59 Å². The number of aryl methyl sites for hydroxylation is 1. The number of amides is 1. The summed E-state index contributed by atoms with van der Waals surface area (Å²) in [7, 11) is 1.78. The van der Waals surface area contributed by atoms with Crippen molar-refractivity contribution in [2.24, 2.45) is 13.0 Å². The second kappa shape index (κ2) is 6.49. The zero-order chi connectivity index (χ0) is 16.4. The van der Waals surface area contributed by atoms with Crippen molar-refractivity contribution in [3.05, 3.63) is 34.3 Å². The molecule has 0 unspecified atom stereocenters. The number of aliphatic carboxylic acids is 1. The lowest BCUT2D eigenvalue weighted by Crippen LogP contribution is -2.30. The largest absolute Gasteiger partial charge is 0.481 e. The molecule has 1 N–H and O–H groups in total. The summed E-state index contributed by atoms with van der Waals surface area (Å²) < 4.78 is 1.60. The number of rotatable bonds is 5. The third-order valence-electron chi connectivity index (χ3n) is 4.14. The summed E-state index contributed by atoms with van der Waals surface area (Å²) in [6.07, 6.45) is 2.20. The maximum Gasteiger partial charge on any atom is 0.303 e. The molecule has 0 aromatic carbocycles. The van der Waals surface area contributed by atoms with Crippen molar-refractivity contribution in [1.82, 2.24) is 19.9 Å². The number of carbonyl (C=O) groups excluding carboxylic acids is 1. The van der Waals surface area contributed by atoms with Crippen LogP contribution in [-0.2, 0) is 23.1 Å². The van der Waals surface area contributed by atoms with Gasteiger partial charge in [-0.3, -0.25) is 14.3 Å². The average Bonchev–Trinajstić information content (AvgIpc) is 3.19. The van der Waals surface area contributed by atoms with E-state index in [1.165, 1.54) is 0 Å². The molecule has 8 heteroatoms. The van der Waals surface area contributed by atoms with Crippen molar-refractivity contribution < 1.29 is 14.7 Å². The fourth-order valence-electron chi connectivity index (χ4n) is 3.05. The van der Waals surface area contributed by atoms with Crippen LogP contribution in [0.5, 0.6) is 0 Å². The molecule has 0 aliphatic carbocycles. The first-order chi connectivity index (χ1) is 11.0. The Kier molecular flexibility index (Phi) is 4.42. The molecule has 7 nitrogen and oxygen atoms in total. The highest BCUT2D eigenvalue weighted by Gasteiger charge is 2.38. The molecule has 122 valence electrons. The number of carboxylic acids is 1. The smallest absolute Gasteiger partial charge is 0.303 e. The highest BCUT2D eigenvalue weighted by Crippen LogP contribution is 2.34. The average molecular weight is 334 g/mol. The van der Waals surface area contributed by atoms with Gasteiger partial charge in [-0.1, -0.05) is 11.3 Å². The molecule has 3 heterocycles. The molecule has 3 rings (SSSR count). The molecule has 1 saturated heterocycles. The van der Waals surface area contributed by atoms with Crippen LogP contribution in [-0.4, -0.2) is 50.0 Å². The highest BCUT2D eigenvalue weighted by molar-refractivity contribution is 7.10. The van der Waals surface area contributed by atoms with Crippen LogP contribution in [0.4, 0.5) is 0 Å². The summed E-state index contributed by atoms with van der Waals surface area (Å²) in [6, 6.07) is 3.86. The van der Waals surface area contributed by atoms with Crippen LogP contribution in [0.25, 0.3) is 0 Å². The van der Waals surface area contributed by atoms with Crippen molar-refractivity contribution in [3.8, 4) is 0 Å². The fourth-order valence-corrected chi connectivity index (χ4v) is 3.75. The van der Waals surface area contributed by atoms with E-state index in [0.29, 0.717) is 19.5 Å². The number of carboxylic acid groups (broad SMARTS) is 1. The lowest BCUT2D eigenvalue weighted by Gasteiger charge is -2.15. The minimum Gasteiger partial charge on any atom is -0.481 e. The van der Waals surface area contributed by atoms with Crippen LogP contribution in [0.3, 0.4) is 0 Å². The predicted octanol–water partition coefficient (Wildman–Crippen LogP) is 1.14. The molecule has 0 bridgehead atoms. The van der Waals surface area contributed by atoms with Gasteiger partial charge in [-0.05, 0) is 17.4 Å². The fraction of sp³-hybridized carbons (Fsp3) is 0.467. The van der Waals surface area contributed by atoms with Gasteiger partial charge in [0.2, 0.25) is 5.91 Å². The second-order valence-corrected chi connectivity index (χ2v) is 6.87. The first-order valence-corrected chi connectivity index (χ1v) is 8.29. The minimum atomic E-state index is -0.851. The molecule has 23 heavy (non-hydrogen) atoms. The van der Waals surface area contributed by atoms with Crippen LogP contribution >= 0.6 is 11.3 Å². The van der Waals surface area contributed by atoms with Gasteiger partial charge in [-0.2, -0.15) is 0 Å². The van der Waals surface area contributed by atoms with Crippen molar-refractivity contribution in [2.75, 3.05) is 13.1 Å². The van der Waals surface area contributed by atoms with Crippen LogP contribution in [0.1, 0.15) is 22.9 Å². The summed E-state index contributed by atoms with van der Waals surface area (Å²) in [5.74, 6) is -1.02. The molecule has 0 radical (unpaired) electrons. The van der Waals surface area contributed by atoms with E-state index in [1.54, 1.807) is 34.2 Å². The van der Waals surface area contributed by atoms with Crippen LogP contribution in [0.15, 0.2) is 23.7 Å². The van der Waals surface area contributed by atoms with Gasteiger partial charge in [0, 0.05) is 37.1 Å². The molecule has 1 amide bonds. The van der Waals surface area contributed by atoms with E-state index in [4.69, 9.17) is 5.11 Å². The Morgan fingerprint density at radius 3 is 2.87 bits per heavy atom. The van der Waals surface area contributed by atoms with Gasteiger partial charge in [-0.25, -0.2) is 0 Å². The Hall–Kier alpha value is -2.22. The monoisotopic (exact) mass is 334 g/mol. The summed E-state index contributed by atoms with van der Waals surface area (Å²) in [5.41, 5.74) is 0.755. The molecule has 0 saturated carbocycles. The van der Waals surface area contributed by atoms with E-state index in [1.807, 2.05) is 17.5 Å². The van der Waals surface area contributed by atoms with E-state index in [0.717, 1.165) is 10.6 Å². The molecular formula is C15H18N4O3S. The number of thiophene rings is 1. The van der Waals surface area contributed by atoms with Gasteiger partial charge < -0.3 is 10.0 Å². The van der Waals surface area contributed by atoms with E-state index >= 15 is 0 Å². The molecule has 2 aromatic heterocycles. The van der Waals surface area contributed by atoms with Gasteiger partial charge in [0.1, 0.15) is 0 Å². The summed E-state index contributed by atoms with van der Waals surface area (Å²) in [4.78, 5) is 26.4. The summed E-state index contributed by atoms with van der Waals surface area (Å²) >= 11 is 1.55. The van der Waals surface area contributed by atoms with Gasteiger partial charge in [0.25, 0.3) is 0 Å². The zero-order valence-electron chi connectivity index (χ0n) is 12.8. The SMILES string of the molecule is Cn1cc([C@@H]2CN(C(=O)Cc3cccs3)C[C@@H]2CC(=O)O)nn1. The minimum absolute atomic E-state index is 0.0318. The Labute approximate surface area is 137 Å². The molecule has 1 aliphatic rings. The van der Waals surface area contributed by atoms with Gasteiger partial charge in [0.15, 0.2) is 0 Å². The first kappa shape index (κ1) is 15.7. The molecule has 1 aliphatic heterocycles. The number of aromatic nitrogens is 3. The van der Waals surface area contributed by atoms with Crippen molar-refractivity contribution >= 4 is 23.2 Å². The van der Waals surface area contributed by atoms with Gasteiger partial charge in [-0.15, -0.1) is 16.4 Å². The maximum atomic E-state index is 12.5. The van der Waals surface area contributed by atoms with Crippen molar-refractivity contribution in [1.29, 1.82) is 0 Å². The molecule has 2 atom stereocenters. The normalized spacial score (nSPS) is 20.8. The molecule has 2 aromatic rings. The number of nitrogens with zero attached hydrogens (tertiary/aromatic N) is 4. The van der Waals surface area contributed by atoms with Crippen molar-refractivity contribution in [3.63, 3.8) is 0 Å². The first-order valence-electron chi connectivity index (χ1n) is 7.41. The van der Waals surface area contributed by atoms with Crippen LogP contribution in [0, 0.1) is 5.92 Å². The topological polar surface area (TPSA) is 88.3 Å². The third-order valence-corrected chi connectivity index (χ3v) is 5.01. The van der Waals surface area contributed by atoms with Crippen LogP contribution < -0.4 is 0 Å². The quantitative estimate of drug-likeness (QED) is 0.886. The lowest BCUT2D eigenvalue weighted by molar-refractivity contribution is -0.138. The molecule has 1 fully saturated rings. The summed E-state index contributed by atoms with van der Waals surface area (Å²) in [6.45, 7) is 0.957. The van der Waals surface area contributed by atoms with Gasteiger partial charge in [0.05, 0.1) is 18.5 Å². The van der Waals surface area contributed by atoms with E-state index in [2.05, 4.69) is 10.3 Å². The van der Waals surface area contributed by atoms with Crippen LogP contribution in [0.2, 0.25) is 0 Å². The number of hydrogen-bond acceptors (Lipinski definition) is 5. The standard InChI is InChI=1S/C15H18N4O3S/c1-18-9-13(16-17-18)12-8-19(7-10(12)5-15(21)22)14(20)6-11-3-2-4-23-11/h2-4,9-10,12H,5-8H2,1H3,(H,21,22)/t10-,12+/m0/s1.